The summed E-state index contributed by atoms with van der Waals surface area (Å²) < 4.78 is 66.1. The molecule has 2 aromatic heterocycles. The van der Waals surface area contributed by atoms with E-state index < -0.39 is 7.81 Å². The summed E-state index contributed by atoms with van der Waals surface area (Å²) in [5.74, 6) is 0. The Hall–Kier alpha value is -2.12. The van der Waals surface area contributed by atoms with Crippen LogP contribution in [0.1, 0.15) is 0 Å². The van der Waals surface area contributed by atoms with Crippen molar-refractivity contribution < 1.29 is 34.2 Å². The van der Waals surface area contributed by atoms with Gasteiger partial charge in [-0.25, -0.2) is 4.79 Å². The van der Waals surface area contributed by atoms with Crippen LogP contribution in [0.25, 0.3) is 16.7 Å². The van der Waals surface area contributed by atoms with E-state index in [4.69, 9.17) is 16.0 Å². The second-order valence-corrected chi connectivity index (χ2v) is 7.20. The quantitative estimate of drug-likeness (QED) is 0.213. The van der Waals surface area contributed by atoms with Crippen LogP contribution in [0, 0.1) is 0 Å². The van der Waals surface area contributed by atoms with Crippen LogP contribution < -0.4 is 10.2 Å². The maximum Gasteiger partial charge on any atom is 0.409 e. The van der Waals surface area contributed by atoms with E-state index in [0.29, 0.717) is 16.3 Å². The fourth-order valence-electron chi connectivity index (χ4n) is 1.83. The molecule has 0 aliphatic carbocycles. The van der Waals surface area contributed by atoms with Gasteiger partial charge in [-0.1, -0.05) is 29.8 Å². The first-order valence-electron chi connectivity index (χ1n) is 6.45. The molecule has 3 rings (SSSR count). The number of rotatable bonds is 1. The van der Waals surface area contributed by atoms with Gasteiger partial charge in [-0.3, -0.25) is 0 Å². The second-order valence-electron chi connectivity index (χ2n) is 4.84. The third-order valence-electron chi connectivity index (χ3n) is 2.67. The van der Waals surface area contributed by atoms with Crippen LogP contribution in [0.15, 0.2) is 64.1 Å². The Labute approximate surface area is 141 Å². The van der Waals surface area contributed by atoms with Crippen LogP contribution in [-0.2, 0) is 0 Å². The van der Waals surface area contributed by atoms with Gasteiger partial charge in [0.2, 0.25) is 0 Å². The van der Waals surface area contributed by atoms with Gasteiger partial charge in [0.1, 0.15) is 10.6 Å². The predicted molar refractivity (Wildman–Crippen MR) is 82.6 cm³/mol. The molecular formula is C14H9ClF6NO2P. The first-order valence-corrected chi connectivity index (χ1v) is 8.86. The Morgan fingerprint density at radius 3 is 2.16 bits per heavy atom. The van der Waals surface area contributed by atoms with Crippen LogP contribution in [0.2, 0.25) is 5.02 Å². The normalized spacial score (nSPS) is 14.2. The molecule has 0 aliphatic rings. The van der Waals surface area contributed by atoms with E-state index >= 15 is 0 Å². The van der Waals surface area contributed by atoms with Crippen LogP contribution in [0.4, 0.5) is 25.2 Å². The molecule has 136 valence electrons. The van der Waals surface area contributed by atoms with Gasteiger partial charge in [0.15, 0.2) is 12.4 Å². The van der Waals surface area contributed by atoms with E-state index in [1.54, 1.807) is 41.2 Å². The number of pyridine rings is 1. The zero-order chi connectivity index (χ0) is 18.9. The van der Waals surface area contributed by atoms with Crippen molar-refractivity contribution in [1.29, 1.82) is 0 Å². The molecule has 0 saturated heterocycles. The molecular weight excluding hydrogens is 395 g/mol. The average Bonchev–Trinajstić information content (AvgIpc) is 2.43. The molecule has 11 heteroatoms. The summed E-state index contributed by atoms with van der Waals surface area (Å²) in [6.45, 7) is 0. The summed E-state index contributed by atoms with van der Waals surface area (Å²) in [5, 5.41) is 1.43. The van der Waals surface area contributed by atoms with Crippen molar-refractivity contribution in [3.05, 3.63) is 70.3 Å². The third kappa shape index (κ3) is 7.11. The van der Waals surface area contributed by atoms with Crippen LogP contribution >= 0.6 is 19.4 Å². The van der Waals surface area contributed by atoms with Crippen molar-refractivity contribution in [2.24, 2.45) is 0 Å². The Bertz CT molecular complexity index is 977. The van der Waals surface area contributed by atoms with Gasteiger partial charge in [-0.15, -0.1) is 0 Å². The molecule has 0 fully saturated rings. The minimum atomic E-state index is -10.7. The monoisotopic (exact) mass is 403 g/mol. The van der Waals surface area contributed by atoms with Gasteiger partial charge in [-0.2, -0.15) is 4.57 Å². The molecule has 0 amide bonds. The fraction of sp³-hybridized carbons (Fsp3) is 0. The maximum atomic E-state index is 11.9. The number of nitrogens with zero attached hydrogens (tertiary/aromatic N) is 1. The molecule has 0 bridgehead atoms. The van der Waals surface area contributed by atoms with E-state index in [1.165, 1.54) is 0 Å². The summed E-state index contributed by atoms with van der Waals surface area (Å²) in [7, 11) is -10.7. The number of benzene rings is 1. The van der Waals surface area contributed by atoms with Crippen molar-refractivity contribution in [2.45, 2.75) is 0 Å². The summed E-state index contributed by atoms with van der Waals surface area (Å²) in [4.78, 5) is 11.9. The fourth-order valence-corrected chi connectivity index (χ4v) is 2.01. The summed E-state index contributed by atoms with van der Waals surface area (Å²) in [5.41, 5.74) is 0.631. The number of para-hydroxylation sites is 1. The number of hydrogen-bond acceptors (Lipinski definition) is 2. The number of hydrogen-bond donors (Lipinski definition) is 0. The van der Waals surface area contributed by atoms with Crippen molar-refractivity contribution >= 4 is 30.4 Å². The average molecular weight is 404 g/mol. The molecule has 0 N–H and O–H groups in total. The van der Waals surface area contributed by atoms with Crippen LogP contribution in [-0.4, -0.2) is 0 Å². The molecule has 1 aromatic carbocycles. The smallest absolute Gasteiger partial charge is 0.409 e. The molecule has 2 heterocycles. The van der Waals surface area contributed by atoms with E-state index in [0.717, 1.165) is 5.39 Å². The molecule has 0 spiro atoms. The summed E-state index contributed by atoms with van der Waals surface area (Å²) in [6.07, 6.45) is 3.43. The Balaban J connectivity index is 0.000000277. The number of aromatic nitrogens is 1. The first-order chi connectivity index (χ1) is 11.2. The van der Waals surface area contributed by atoms with Gasteiger partial charge in [0.05, 0.1) is 0 Å². The van der Waals surface area contributed by atoms with Crippen molar-refractivity contribution in [3.63, 3.8) is 0 Å². The third-order valence-corrected chi connectivity index (χ3v) is 2.89. The topological polar surface area (TPSA) is 34.1 Å². The van der Waals surface area contributed by atoms with Gasteiger partial charge < -0.3 is 4.42 Å². The molecule has 25 heavy (non-hydrogen) atoms. The van der Waals surface area contributed by atoms with Gasteiger partial charge in [0.25, 0.3) is 5.69 Å². The van der Waals surface area contributed by atoms with E-state index in [1.807, 2.05) is 18.2 Å². The van der Waals surface area contributed by atoms with E-state index in [9.17, 15) is 30.0 Å². The SMILES string of the molecule is F[P-](F)(F)(F)(F)F.O=c1oc2ccccc2cc1-[n+]1cccc(Cl)c1. The van der Waals surface area contributed by atoms with Crippen LogP contribution in [0.3, 0.4) is 0 Å². The minimum Gasteiger partial charge on any atom is -0.418 e. The molecule has 0 atom stereocenters. The molecule has 0 unspecified atom stereocenters. The minimum absolute atomic E-state index is 0.388. The predicted octanol–water partition coefficient (Wildman–Crippen LogP) is 6.11. The Kier molecular flexibility index (Phi) is 4.39. The number of fused-ring (bicyclic) bond motifs is 1. The Morgan fingerprint density at radius 2 is 1.56 bits per heavy atom. The standard InChI is InChI=1S/C14H9ClNO2.F6P/c15-11-5-3-7-16(9-11)12-8-10-4-1-2-6-13(10)18-14(12)17;1-7(2,3,4,5)6/h1-9H;/q+1;-1. The zero-order valence-electron chi connectivity index (χ0n) is 12.1. The largest absolute Gasteiger partial charge is 0.418 e. The van der Waals surface area contributed by atoms with E-state index in [-0.39, 0.29) is 5.63 Å². The van der Waals surface area contributed by atoms with Crippen molar-refractivity contribution in [1.82, 2.24) is 0 Å². The molecule has 0 radical (unpaired) electrons. The number of halogens is 7. The van der Waals surface area contributed by atoms with Crippen LogP contribution in [0.5, 0.6) is 0 Å². The maximum absolute atomic E-state index is 11.9. The molecule has 0 aliphatic heterocycles. The van der Waals surface area contributed by atoms with Crippen molar-refractivity contribution in [3.8, 4) is 5.69 Å². The van der Waals surface area contributed by atoms with Crippen molar-refractivity contribution in [2.75, 3.05) is 0 Å². The van der Waals surface area contributed by atoms with Gasteiger partial charge in [-0.05, 0) is 12.1 Å². The zero-order valence-corrected chi connectivity index (χ0v) is 13.7. The summed E-state index contributed by atoms with van der Waals surface area (Å²) >= 11 is 5.91. The molecule has 0 saturated carbocycles. The summed E-state index contributed by atoms with van der Waals surface area (Å²) in [6, 6.07) is 12.7. The van der Waals surface area contributed by atoms with E-state index in [2.05, 4.69) is 0 Å². The second kappa shape index (κ2) is 5.71. The van der Waals surface area contributed by atoms with Gasteiger partial charge in [0, 0.05) is 17.5 Å². The molecule has 3 aromatic rings. The Morgan fingerprint density at radius 1 is 0.960 bits per heavy atom. The first kappa shape index (κ1) is 19.2. The van der Waals surface area contributed by atoms with Gasteiger partial charge >= 0.3 is 38.6 Å². The molecule has 3 nitrogen and oxygen atoms in total.